The van der Waals surface area contributed by atoms with Crippen molar-refractivity contribution in [3.8, 4) is 0 Å². The van der Waals surface area contributed by atoms with Crippen LogP contribution in [-0.2, 0) is 4.79 Å². The molecular formula is C21H28O. The van der Waals surface area contributed by atoms with E-state index >= 15 is 0 Å². The van der Waals surface area contributed by atoms with Gasteiger partial charge in [0.2, 0.25) is 0 Å². The molecule has 0 spiro atoms. The van der Waals surface area contributed by atoms with Gasteiger partial charge in [0, 0.05) is 5.41 Å². The van der Waals surface area contributed by atoms with Crippen LogP contribution in [-0.4, -0.2) is 5.78 Å². The Morgan fingerprint density at radius 2 is 2.00 bits per heavy atom. The van der Waals surface area contributed by atoms with Crippen molar-refractivity contribution in [3.05, 3.63) is 36.0 Å². The van der Waals surface area contributed by atoms with Crippen molar-refractivity contribution in [2.75, 3.05) is 0 Å². The Labute approximate surface area is 134 Å². The molecule has 0 aromatic rings. The first-order valence-corrected chi connectivity index (χ1v) is 9.00. The Balaban J connectivity index is 1.76. The SMILES string of the molecule is C=C1CCC2C3CC(C)C4=CC(=O)C=CC4(C)C3CCC12C. The first-order chi connectivity index (χ1) is 10.4. The molecule has 0 bridgehead atoms. The van der Waals surface area contributed by atoms with E-state index in [1.54, 1.807) is 0 Å². The van der Waals surface area contributed by atoms with Gasteiger partial charge in [0.1, 0.15) is 0 Å². The topological polar surface area (TPSA) is 17.1 Å². The van der Waals surface area contributed by atoms with E-state index in [9.17, 15) is 4.79 Å². The molecule has 6 atom stereocenters. The van der Waals surface area contributed by atoms with Gasteiger partial charge in [-0.05, 0) is 73.3 Å². The number of hydrogen-bond donors (Lipinski definition) is 0. The molecule has 0 radical (unpaired) electrons. The van der Waals surface area contributed by atoms with Crippen molar-refractivity contribution in [2.45, 2.75) is 52.9 Å². The van der Waals surface area contributed by atoms with E-state index in [-0.39, 0.29) is 11.2 Å². The normalized spacial score (nSPS) is 50.2. The lowest BCUT2D eigenvalue weighted by Crippen LogP contribution is -2.50. The van der Waals surface area contributed by atoms with Crippen molar-refractivity contribution in [1.29, 1.82) is 0 Å². The average molecular weight is 296 g/mol. The maximum atomic E-state index is 11.9. The first kappa shape index (κ1) is 14.5. The highest BCUT2D eigenvalue weighted by Crippen LogP contribution is 2.66. The minimum Gasteiger partial charge on any atom is -0.290 e. The first-order valence-electron chi connectivity index (χ1n) is 9.00. The molecule has 0 aliphatic heterocycles. The molecule has 0 aromatic carbocycles. The van der Waals surface area contributed by atoms with Crippen LogP contribution in [0.15, 0.2) is 36.0 Å². The second-order valence-electron chi connectivity index (χ2n) is 8.73. The number of rotatable bonds is 0. The van der Waals surface area contributed by atoms with Gasteiger partial charge in [-0.15, -0.1) is 0 Å². The summed E-state index contributed by atoms with van der Waals surface area (Å²) in [6.07, 6.45) is 12.4. The molecule has 0 N–H and O–H groups in total. The summed E-state index contributed by atoms with van der Waals surface area (Å²) in [5.74, 6) is 3.05. The van der Waals surface area contributed by atoms with E-state index in [1.807, 2.05) is 12.2 Å². The van der Waals surface area contributed by atoms with Crippen LogP contribution in [0.2, 0.25) is 0 Å². The summed E-state index contributed by atoms with van der Waals surface area (Å²) in [6, 6.07) is 0. The molecule has 0 amide bonds. The molecule has 0 heterocycles. The van der Waals surface area contributed by atoms with Crippen LogP contribution in [0.3, 0.4) is 0 Å². The van der Waals surface area contributed by atoms with Crippen molar-refractivity contribution < 1.29 is 4.79 Å². The van der Waals surface area contributed by atoms with Gasteiger partial charge in [0.25, 0.3) is 0 Å². The Morgan fingerprint density at radius 1 is 1.23 bits per heavy atom. The van der Waals surface area contributed by atoms with Gasteiger partial charge in [0.05, 0.1) is 0 Å². The largest absolute Gasteiger partial charge is 0.290 e. The minimum absolute atomic E-state index is 0.113. The summed E-state index contributed by atoms with van der Waals surface area (Å²) < 4.78 is 0. The fourth-order valence-corrected chi connectivity index (χ4v) is 6.52. The number of hydrogen-bond acceptors (Lipinski definition) is 1. The third-order valence-corrected chi connectivity index (χ3v) is 7.83. The van der Waals surface area contributed by atoms with Gasteiger partial charge in [-0.25, -0.2) is 0 Å². The fraction of sp³-hybridized carbons (Fsp3) is 0.667. The zero-order valence-electron chi connectivity index (χ0n) is 14.2. The Hall–Kier alpha value is -1.11. The van der Waals surface area contributed by atoms with Crippen LogP contribution in [0.25, 0.3) is 0 Å². The van der Waals surface area contributed by atoms with Crippen LogP contribution in [0, 0.1) is 34.5 Å². The summed E-state index contributed by atoms with van der Waals surface area (Å²) in [7, 11) is 0. The molecular weight excluding hydrogens is 268 g/mol. The van der Waals surface area contributed by atoms with E-state index < -0.39 is 0 Å². The highest BCUT2D eigenvalue weighted by molar-refractivity contribution is 6.01. The predicted molar refractivity (Wildman–Crippen MR) is 90.3 cm³/mol. The number of allylic oxidation sites excluding steroid dienone is 5. The fourth-order valence-electron chi connectivity index (χ4n) is 6.52. The van der Waals surface area contributed by atoms with Crippen LogP contribution in [0.1, 0.15) is 52.9 Å². The maximum absolute atomic E-state index is 11.9. The number of carbonyl (C=O) groups is 1. The molecule has 118 valence electrons. The molecule has 22 heavy (non-hydrogen) atoms. The number of fused-ring (bicyclic) bond motifs is 5. The molecule has 0 saturated heterocycles. The zero-order valence-corrected chi connectivity index (χ0v) is 14.2. The monoisotopic (exact) mass is 296 g/mol. The lowest BCUT2D eigenvalue weighted by Gasteiger charge is -2.57. The standard InChI is InChI=1S/C21H28O/c1-13-11-16-17-6-5-14(2)20(17,3)10-8-18(16)21(4)9-7-15(22)12-19(13)21/h7,9,12-13,16-18H,2,5-6,8,10-11H2,1,3-4H3. The van der Waals surface area contributed by atoms with Crippen molar-refractivity contribution >= 4 is 5.78 Å². The average Bonchev–Trinajstić information content (AvgIpc) is 2.77. The lowest BCUT2D eigenvalue weighted by atomic mass is 9.46. The van der Waals surface area contributed by atoms with Crippen molar-refractivity contribution in [3.63, 3.8) is 0 Å². The minimum atomic E-state index is 0.113. The summed E-state index contributed by atoms with van der Waals surface area (Å²) in [5, 5.41) is 0. The molecule has 1 nitrogen and oxygen atoms in total. The Kier molecular flexibility index (Phi) is 2.94. The van der Waals surface area contributed by atoms with Gasteiger partial charge in [-0.2, -0.15) is 0 Å². The zero-order chi connectivity index (χ0) is 15.7. The molecule has 4 rings (SSSR count). The molecule has 4 aliphatic carbocycles. The summed E-state index contributed by atoms with van der Waals surface area (Å²) in [5.41, 5.74) is 3.40. The van der Waals surface area contributed by atoms with Gasteiger partial charge < -0.3 is 0 Å². The predicted octanol–water partition coefficient (Wildman–Crippen LogP) is 5.10. The third kappa shape index (κ3) is 1.69. The Bertz CT molecular complexity index is 609. The number of ketones is 1. The summed E-state index contributed by atoms with van der Waals surface area (Å²) in [4.78, 5) is 11.9. The summed E-state index contributed by atoms with van der Waals surface area (Å²) >= 11 is 0. The van der Waals surface area contributed by atoms with Crippen molar-refractivity contribution in [2.24, 2.45) is 34.5 Å². The second kappa shape index (κ2) is 4.46. The van der Waals surface area contributed by atoms with Gasteiger partial charge in [0.15, 0.2) is 5.78 Å². The van der Waals surface area contributed by atoms with E-state index in [2.05, 4.69) is 33.4 Å². The third-order valence-electron chi connectivity index (χ3n) is 7.83. The van der Waals surface area contributed by atoms with Gasteiger partial charge >= 0.3 is 0 Å². The lowest BCUT2D eigenvalue weighted by molar-refractivity contribution is -0.111. The maximum Gasteiger partial charge on any atom is 0.178 e. The molecule has 1 heteroatoms. The Morgan fingerprint density at radius 3 is 2.77 bits per heavy atom. The van der Waals surface area contributed by atoms with E-state index in [0.717, 1.165) is 11.8 Å². The second-order valence-corrected chi connectivity index (χ2v) is 8.73. The molecule has 3 fully saturated rings. The van der Waals surface area contributed by atoms with Gasteiger partial charge in [-0.1, -0.05) is 44.6 Å². The molecule has 0 aromatic heterocycles. The van der Waals surface area contributed by atoms with Crippen LogP contribution in [0.5, 0.6) is 0 Å². The quantitative estimate of drug-likeness (QED) is 0.569. The highest BCUT2D eigenvalue weighted by atomic mass is 16.1. The van der Waals surface area contributed by atoms with Crippen LogP contribution < -0.4 is 0 Å². The highest BCUT2D eigenvalue weighted by Gasteiger charge is 2.57. The van der Waals surface area contributed by atoms with Crippen LogP contribution in [0.4, 0.5) is 0 Å². The number of carbonyl (C=O) groups excluding carboxylic acids is 1. The van der Waals surface area contributed by atoms with E-state index in [1.165, 1.54) is 43.3 Å². The van der Waals surface area contributed by atoms with E-state index in [4.69, 9.17) is 0 Å². The molecule has 4 aliphatic rings. The van der Waals surface area contributed by atoms with Crippen molar-refractivity contribution in [1.82, 2.24) is 0 Å². The smallest absolute Gasteiger partial charge is 0.178 e. The van der Waals surface area contributed by atoms with E-state index in [0.29, 0.717) is 17.3 Å². The molecule has 3 saturated carbocycles. The summed E-state index contributed by atoms with van der Waals surface area (Å²) in [6.45, 7) is 11.6. The molecule has 6 unspecified atom stereocenters. The van der Waals surface area contributed by atoms with Gasteiger partial charge in [-0.3, -0.25) is 4.79 Å². The van der Waals surface area contributed by atoms with Crippen LogP contribution >= 0.6 is 0 Å².